The summed E-state index contributed by atoms with van der Waals surface area (Å²) in [5.41, 5.74) is 2.36. The van der Waals surface area contributed by atoms with Gasteiger partial charge in [0, 0.05) is 49.8 Å². The van der Waals surface area contributed by atoms with E-state index < -0.39 is 0 Å². The Morgan fingerprint density at radius 3 is 2.54 bits per heavy atom. The highest BCUT2D eigenvalue weighted by Gasteiger charge is 2.47. The summed E-state index contributed by atoms with van der Waals surface area (Å²) >= 11 is 0. The minimum absolute atomic E-state index is 0.0162. The zero-order valence-electron chi connectivity index (χ0n) is 15.0. The van der Waals surface area contributed by atoms with Gasteiger partial charge >= 0.3 is 0 Å². The molecule has 4 rings (SSSR count). The molecule has 2 atom stereocenters. The van der Waals surface area contributed by atoms with Gasteiger partial charge in [-0.1, -0.05) is 32.0 Å². The van der Waals surface area contributed by atoms with E-state index in [1.165, 1.54) is 5.56 Å². The molecule has 0 aliphatic carbocycles. The summed E-state index contributed by atoms with van der Waals surface area (Å²) in [5, 5.41) is 12.6. The van der Waals surface area contributed by atoms with Gasteiger partial charge in [-0.15, -0.1) is 0 Å². The van der Waals surface area contributed by atoms with Gasteiger partial charge in [0.25, 0.3) is 0 Å². The first-order valence-electron chi connectivity index (χ1n) is 9.26. The van der Waals surface area contributed by atoms with Crippen molar-refractivity contribution in [3.63, 3.8) is 0 Å². The van der Waals surface area contributed by atoms with Crippen molar-refractivity contribution < 1.29 is 9.44 Å². The largest absolute Gasteiger partial charge is 0.633 e. The van der Waals surface area contributed by atoms with Gasteiger partial charge in [-0.05, 0) is 17.5 Å². The smallest absolute Gasteiger partial charge is 0.227 e. The number of carbonyl (C=O) groups excluding carboxylic acids is 1. The SMILES string of the molecule is CC1(C)CN(C(=O)CC2CC3CCC(C2)[N+]3(C)[O-])c2ccccc21. The fourth-order valence-electron chi connectivity index (χ4n) is 5.31. The van der Waals surface area contributed by atoms with Crippen LogP contribution in [0.3, 0.4) is 0 Å². The Labute approximate surface area is 144 Å². The standard InChI is InChI=1S/C20H28N2O2/c1-20(2)13-21(18-7-5-4-6-17(18)20)19(23)12-14-10-15-8-9-16(11-14)22(15,3)24/h4-7,14-16H,8-13H2,1-3H3. The zero-order chi connectivity index (χ0) is 17.1. The van der Waals surface area contributed by atoms with Crippen LogP contribution in [0.5, 0.6) is 0 Å². The minimum atomic E-state index is -0.0652. The second-order valence-electron chi connectivity index (χ2n) is 8.87. The number of para-hydroxylation sites is 1. The van der Waals surface area contributed by atoms with E-state index in [4.69, 9.17) is 0 Å². The van der Waals surface area contributed by atoms with Crippen molar-refractivity contribution in [3.05, 3.63) is 35.0 Å². The molecule has 0 radical (unpaired) electrons. The van der Waals surface area contributed by atoms with Crippen LogP contribution >= 0.6 is 0 Å². The van der Waals surface area contributed by atoms with Crippen LogP contribution in [0.15, 0.2) is 24.3 Å². The number of anilines is 1. The van der Waals surface area contributed by atoms with Crippen molar-refractivity contribution in [1.29, 1.82) is 0 Å². The highest BCUT2D eigenvalue weighted by molar-refractivity contribution is 5.96. The highest BCUT2D eigenvalue weighted by atomic mass is 16.5. The summed E-state index contributed by atoms with van der Waals surface area (Å²) < 4.78 is -0.0652. The molecule has 1 aromatic carbocycles. The molecule has 0 aromatic heterocycles. The molecule has 4 nitrogen and oxygen atoms in total. The maximum Gasteiger partial charge on any atom is 0.227 e. The Hall–Kier alpha value is -1.39. The van der Waals surface area contributed by atoms with Gasteiger partial charge < -0.3 is 14.8 Å². The average molecular weight is 328 g/mol. The number of hydroxylamine groups is 3. The summed E-state index contributed by atoms with van der Waals surface area (Å²) in [6, 6.07) is 8.71. The Morgan fingerprint density at radius 1 is 1.25 bits per heavy atom. The van der Waals surface area contributed by atoms with Crippen LogP contribution in [-0.4, -0.2) is 36.2 Å². The summed E-state index contributed by atoms with van der Waals surface area (Å²) in [7, 11) is 1.83. The Bertz CT molecular complexity index is 651. The minimum Gasteiger partial charge on any atom is -0.633 e. The van der Waals surface area contributed by atoms with Crippen LogP contribution in [-0.2, 0) is 10.2 Å². The number of hydrogen-bond acceptors (Lipinski definition) is 2. The van der Waals surface area contributed by atoms with Crippen LogP contribution < -0.4 is 4.90 Å². The zero-order valence-corrected chi connectivity index (χ0v) is 15.0. The third kappa shape index (κ3) is 2.39. The number of carbonyl (C=O) groups is 1. The highest BCUT2D eigenvalue weighted by Crippen LogP contribution is 2.45. The maximum atomic E-state index is 13.0. The number of rotatable bonds is 2. The van der Waals surface area contributed by atoms with E-state index in [1.54, 1.807) is 0 Å². The van der Waals surface area contributed by atoms with Gasteiger partial charge in [-0.25, -0.2) is 0 Å². The van der Waals surface area contributed by atoms with Crippen molar-refractivity contribution in [2.75, 3.05) is 18.5 Å². The molecule has 0 saturated carbocycles. The van der Waals surface area contributed by atoms with Crippen LogP contribution in [0.1, 0.15) is 51.5 Å². The fourth-order valence-corrected chi connectivity index (χ4v) is 5.31. The molecule has 2 saturated heterocycles. The lowest BCUT2D eigenvalue weighted by molar-refractivity contribution is -0.903. The van der Waals surface area contributed by atoms with Crippen LogP contribution in [0.2, 0.25) is 0 Å². The molecule has 24 heavy (non-hydrogen) atoms. The molecule has 0 spiro atoms. The maximum absolute atomic E-state index is 13.0. The van der Waals surface area contributed by atoms with E-state index in [0.29, 0.717) is 12.3 Å². The van der Waals surface area contributed by atoms with Crippen LogP contribution in [0, 0.1) is 11.1 Å². The lowest BCUT2D eigenvalue weighted by atomic mass is 9.87. The van der Waals surface area contributed by atoms with Crippen molar-refractivity contribution >= 4 is 11.6 Å². The fraction of sp³-hybridized carbons (Fsp3) is 0.650. The lowest BCUT2D eigenvalue weighted by Crippen LogP contribution is -2.53. The van der Waals surface area contributed by atoms with E-state index in [1.807, 2.05) is 18.0 Å². The number of benzene rings is 1. The third-order valence-corrected chi connectivity index (χ3v) is 6.74. The predicted molar refractivity (Wildman–Crippen MR) is 95.5 cm³/mol. The number of piperidine rings is 1. The topological polar surface area (TPSA) is 43.4 Å². The number of hydrogen-bond donors (Lipinski definition) is 0. The quantitative estimate of drug-likeness (QED) is 0.615. The first kappa shape index (κ1) is 16.1. The van der Waals surface area contributed by atoms with Crippen LogP contribution in [0.25, 0.3) is 0 Å². The second kappa shape index (κ2) is 5.30. The van der Waals surface area contributed by atoms with Gasteiger partial charge in [0.1, 0.15) is 0 Å². The van der Waals surface area contributed by atoms with E-state index >= 15 is 0 Å². The molecule has 2 unspecified atom stereocenters. The molecule has 1 aromatic rings. The van der Waals surface area contributed by atoms with Crippen LogP contribution in [0.4, 0.5) is 5.69 Å². The molecule has 4 heteroatoms. The molecule has 0 N–H and O–H groups in total. The molecule has 3 aliphatic rings. The number of fused-ring (bicyclic) bond motifs is 3. The summed E-state index contributed by atoms with van der Waals surface area (Å²) in [5.74, 6) is 0.616. The molecule has 2 bridgehead atoms. The lowest BCUT2D eigenvalue weighted by Gasteiger charge is -2.50. The third-order valence-electron chi connectivity index (χ3n) is 6.74. The molecule has 2 fully saturated rings. The van der Waals surface area contributed by atoms with E-state index in [-0.39, 0.29) is 28.1 Å². The summed E-state index contributed by atoms with van der Waals surface area (Å²) in [6.07, 6.45) is 4.50. The second-order valence-corrected chi connectivity index (χ2v) is 8.87. The molecule has 1 amide bonds. The number of amides is 1. The van der Waals surface area contributed by atoms with Crippen molar-refractivity contribution in [1.82, 2.24) is 0 Å². The molecular formula is C20H28N2O2. The van der Waals surface area contributed by atoms with Crippen molar-refractivity contribution in [3.8, 4) is 0 Å². The van der Waals surface area contributed by atoms with E-state index in [9.17, 15) is 10.0 Å². The number of nitrogens with zero attached hydrogens (tertiary/aromatic N) is 2. The van der Waals surface area contributed by atoms with Crippen molar-refractivity contribution in [2.24, 2.45) is 5.92 Å². The summed E-state index contributed by atoms with van der Waals surface area (Å²) in [4.78, 5) is 15.0. The van der Waals surface area contributed by atoms with Crippen molar-refractivity contribution in [2.45, 2.75) is 63.5 Å². The first-order chi connectivity index (χ1) is 11.3. The van der Waals surface area contributed by atoms with E-state index in [0.717, 1.165) is 37.9 Å². The normalized spacial score (nSPS) is 36.7. The first-order valence-corrected chi connectivity index (χ1v) is 9.26. The number of quaternary nitrogens is 1. The van der Waals surface area contributed by atoms with Gasteiger partial charge in [-0.2, -0.15) is 0 Å². The summed E-state index contributed by atoms with van der Waals surface area (Å²) in [6.45, 7) is 5.18. The van der Waals surface area contributed by atoms with Gasteiger partial charge in [0.15, 0.2) is 0 Å². The Morgan fingerprint density at radius 2 is 1.88 bits per heavy atom. The average Bonchev–Trinajstić information content (AvgIpc) is 2.84. The van der Waals surface area contributed by atoms with Gasteiger partial charge in [0.05, 0.1) is 19.1 Å². The molecular weight excluding hydrogens is 300 g/mol. The Kier molecular flexibility index (Phi) is 3.56. The molecule has 3 heterocycles. The molecule has 130 valence electrons. The Balaban J connectivity index is 1.49. The van der Waals surface area contributed by atoms with Gasteiger partial charge in [-0.3, -0.25) is 4.79 Å². The van der Waals surface area contributed by atoms with Gasteiger partial charge in [0.2, 0.25) is 5.91 Å². The molecule has 3 aliphatic heterocycles. The predicted octanol–water partition coefficient (Wildman–Crippen LogP) is 3.59. The monoisotopic (exact) mass is 328 g/mol. The van der Waals surface area contributed by atoms with E-state index in [2.05, 4.69) is 32.0 Å².